The summed E-state index contributed by atoms with van der Waals surface area (Å²) < 4.78 is 5.30. The van der Waals surface area contributed by atoms with E-state index in [1.54, 1.807) is 12.1 Å². The van der Waals surface area contributed by atoms with Crippen molar-refractivity contribution >= 4 is 23.3 Å². The Bertz CT molecular complexity index is 460. The number of hydrogen-bond donors (Lipinski definition) is 0. The van der Waals surface area contributed by atoms with Crippen LogP contribution in [-0.4, -0.2) is 42.3 Å². The fraction of sp³-hybridized carbons (Fsp3) is 0.385. The molecule has 0 spiro atoms. The standard InChI is InChI=1S/C13H14N2O2S/c16-13(14-10-18)12-3-1-11(2-4-12)9-15-5-7-17-8-6-15/h1-4H,5-9H2. The molecular formula is C13H14N2O2S. The molecule has 1 fully saturated rings. The maximum absolute atomic E-state index is 11.4. The molecule has 0 aliphatic carbocycles. The van der Waals surface area contributed by atoms with Gasteiger partial charge in [0, 0.05) is 25.2 Å². The maximum Gasteiger partial charge on any atom is 0.285 e. The minimum absolute atomic E-state index is 0.345. The summed E-state index contributed by atoms with van der Waals surface area (Å²) in [5, 5.41) is 2.08. The van der Waals surface area contributed by atoms with Crippen molar-refractivity contribution in [2.75, 3.05) is 26.3 Å². The van der Waals surface area contributed by atoms with E-state index in [4.69, 9.17) is 4.74 Å². The van der Waals surface area contributed by atoms with Gasteiger partial charge in [0.2, 0.25) is 0 Å². The van der Waals surface area contributed by atoms with E-state index in [2.05, 4.69) is 27.3 Å². The molecule has 0 radical (unpaired) electrons. The molecule has 1 aromatic carbocycles. The lowest BCUT2D eigenvalue weighted by atomic mass is 10.1. The van der Waals surface area contributed by atoms with Crippen molar-refractivity contribution < 1.29 is 9.53 Å². The number of benzene rings is 1. The number of ether oxygens (including phenoxy) is 1. The van der Waals surface area contributed by atoms with E-state index in [9.17, 15) is 4.79 Å². The first-order valence-electron chi connectivity index (χ1n) is 5.81. The Hall–Kier alpha value is -1.39. The molecule has 0 bridgehead atoms. The minimum Gasteiger partial charge on any atom is -0.379 e. The van der Waals surface area contributed by atoms with E-state index >= 15 is 0 Å². The molecule has 0 N–H and O–H groups in total. The predicted octanol–water partition coefficient (Wildman–Crippen LogP) is 1.76. The zero-order valence-electron chi connectivity index (χ0n) is 9.96. The van der Waals surface area contributed by atoms with Gasteiger partial charge < -0.3 is 4.74 Å². The predicted molar refractivity (Wildman–Crippen MR) is 71.9 cm³/mol. The van der Waals surface area contributed by atoms with Gasteiger partial charge in [0.25, 0.3) is 5.91 Å². The first kappa shape index (κ1) is 13.1. The van der Waals surface area contributed by atoms with Crippen LogP contribution in [0, 0.1) is 0 Å². The summed E-state index contributed by atoms with van der Waals surface area (Å²) in [5.41, 5.74) is 1.72. The lowest BCUT2D eigenvalue weighted by molar-refractivity contribution is 0.0342. The molecule has 1 aromatic rings. The fourth-order valence-electron chi connectivity index (χ4n) is 1.88. The number of aliphatic imine (C=N–C) groups is 1. The number of amides is 1. The highest BCUT2D eigenvalue weighted by Crippen LogP contribution is 2.09. The summed E-state index contributed by atoms with van der Waals surface area (Å²) in [6, 6.07) is 7.44. The minimum atomic E-state index is -0.345. The Morgan fingerprint density at radius 3 is 2.61 bits per heavy atom. The molecule has 0 atom stereocenters. The van der Waals surface area contributed by atoms with Crippen LogP contribution in [0.1, 0.15) is 15.9 Å². The molecule has 1 saturated heterocycles. The highest BCUT2D eigenvalue weighted by molar-refractivity contribution is 7.78. The van der Waals surface area contributed by atoms with E-state index in [0.29, 0.717) is 5.56 Å². The van der Waals surface area contributed by atoms with Gasteiger partial charge in [-0.15, -0.1) is 0 Å². The van der Waals surface area contributed by atoms with Crippen LogP contribution in [0.5, 0.6) is 0 Å². The Balaban J connectivity index is 1.98. The summed E-state index contributed by atoms with van der Waals surface area (Å²) >= 11 is 4.41. The van der Waals surface area contributed by atoms with Gasteiger partial charge in [-0.25, -0.2) is 0 Å². The van der Waals surface area contributed by atoms with Gasteiger partial charge in [0.1, 0.15) is 0 Å². The van der Waals surface area contributed by atoms with Crippen molar-refractivity contribution in [2.24, 2.45) is 4.99 Å². The second-order valence-electron chi connectivity index (χ2n) is 4.09. The van der Waals surface area contributed by atoms with Crippen LogP contribution < -0.4 is 0 Å². The summed E-state index contributed by atoms with van der Waals surface area (Å²) in [4.78, 5) is 17.2. The van der Waals surface area contributed by atoms with Crippen LogP contribution in [0.3, 0.4) is 0 Å². The summed E-state index contributed by atoms with van der Waals surface area (Å²) in [5.74, 6) is -0.345. The number of thiocarbonyl (C=S) groups is 1. The van der Waals surface area contributed by atoms with Gasteiger partial charge in [0.05, 0.1) is 18.4 Å². The van der Waals surface area contributed by atoms with Crippen LogP contribution in [0.25, 0.3) is 0 Å². The summed E-state index contributed by atoms with van der Waals surface area (Å²) in [7, 11) is 0. The van der Waals surface area contributed by atoms with Gasteiger partial charge in [0.15, 0.2) is 0 Å². The second kappa shape index (κ2) is 6.52. The maximum atomic E-state index is 11.4. The molecule has 0 aromatic heterocycles. The highest BCUT2D eigenvalue weighted by Gasteiger charge is 2.11. The average molecular weight is 262 g/mol. The topological polar surface area (TPSA) is 41.9 Å². The van der Waals surface area contributed by atoms with Crippen molar-refractivity contribution in [3.8, 4) is 0 Å². The number of carbonyl (C=O) groups is 1. The molecule has 0 saturated carbocycles. The van der Waals surface area contributed by atoms with Crippen molar-refractivity contribution in [2.45, 2.75) is 6.54 Å². The van der Waals surface area contributed by atoms with Crippen molar-refractivity contribution in [1.29, 1.82) is 0 Å². The molecule has 5 heteroatoms. The molecule has 1 aliphatic rings. The zero-order valence-corrected chi connectivity index (χ0v) is 10.8. The third-order valence-corrected chi connectivity index (χ3v) is 2.95. The highest BCUT2D eigenvalue weighted by atomic mass is 32.1. The van der Waals surface area contributed by atoms with E-state index in [1.165, 1.54) is 5.56 Å². The Morgan fingerprint density at radius 2 is 2.00 bits per heavy atom. The van der Waals surface area contributed by atoms with Gasteiger partial charge >= 0.3 is 0 Å². The van der Waals surface area contributed by atoms with Gasteiger partial charge in [-0.2, -0.15) is 4.99 Å². The SMILES string of the molecule is O=C(N=C=S)c1ccc(CN2CCOCC2)cc1. The molecule has 0 unspecified atom stereocenters. The third-order valence-electron chi connectivity index (χ3n) is 2.86. The van der Waals surface area contributed by atoms with Crippen molar-refractivity contribution in [1.82, 2.24) is 4.90 Å². The first-order chi connectivity index (χ1) is 8.79. The molecule has 1 aliphatic heterocycles. The Labute approximate surface area is 111 Å². The van der Waals surface area contributed by atoms with Gasteiger partial charge in [-0.05, 0) is 29.9 Å². The zero-order chi connectivity index (χ0) is 12.8. The number of carbonyl (C=O) groups excluding carboxylic acids is 1. The van der Waals surface area contributed by atoms with Crippen LogP contribution >= 0.6 is 12.2 Å². The number of morpholine rings is 1. The number of hydrogen-bond acceptors (Lipinski definition) is 4. The normalized spacial score (nSPS) is 16.0. The van der Waals surface area contributed by atoms with Gasteiger partial charge in [-0.1, -0.05) is 12.1 Å². The quantitative estimate of drug-likeness (QED) is 0.615. The number of nitrogens with zero attached hydrogens (tertiary/aromatic N) is 2. The summed E-state index contributed by atoms with van der Waals surface area (Å²) in [6.45, 7) is 4.37. The molecular weight excluding hydrogens is 248 g/mol. The summed E-state index contributed by atoms with van der Waals surface area (Å²) in [6.07, 6.45) is 0. The largest absolute Gasteiger partial charge is 0.379 e. The number of rotatable bonds is 3. The Kier molecular flexibility index (Phi) is 4.73. The lowest BCUT2D eigenvalue weighted by Gasteiger charge is -2.26. The van der Waals surface area contributed by atoms with Gasteiger partial charge in [-0.3, -0.25) is 9.69 Å². The number of isothiocyanates is 1. The van der Waals surface area contributed by atoms with Crippen LogP contribution in [0.4, 0.5) is 0 Å². The monoisotopic (exact) mass is 262 g/mol. The molecule has 1 amide bonds. The average Bonchev–Trinajstić information content (AvgIpc) is 2.41. The molecule has 18 heavy (non-hydrogen) atoms. The smallest absolute Gasteiger partial charge is 0.285 e. The molecule has 4 nitrogen and oxygen atoms in total. The fourth-order valence-corrected chi connectivity index (χ4v) is 1.96. The van der Waals surface area contributed by atoms with Crippen LogP contribution in [0.2, 0.25) is 0 Å². The van der Waals surface area contributed by atoms with E-state index in [0.717, 1.165) is 32.8 Å². The first-order valence-corrected chi connectivity index (χ1v) is 6.21. The Morgan fingerprint density at radius 1 is 1.33 bits per heavy atom. The molecule has 2 rings (SSSR count). The van der Waals surface area contributed by atoms with Crippen molar-refractivity contribution in [3.05, 3.63) is 35.4 Å². The van der Waals surface area contributed by atoms with E-state index in [1.807, 2.05) is 12.1 Å². The molecule has 1 heterocycles. The second-order valence-corrected chi connectivity index (χ2v) is 4.28. The lowest BCUT2D eigenvalue weighted by Crippen LogP contribution is -2.35. The van der Waals surface area contributed by atoms with Crippen LogP contribution in [-0.2, 0) is 11.3 Å². The van der Waals surface area contributed by atoms with E-state index in [-0.39, 0.29) is 5.91 Å². The van der Waals surface area contributed by atoms with E-state index < -0.39 is 0 Å². The van der Waals surface area contributed by atoms with Crippen molar-refractivity contribution in [3.63, 3.8) is 0 Å². The third kappa shape index (κ3) is 3.55. The molecule has 94 valence electrons. The van der Waals surface area contributed by atoms with Crippen LogP contribution in [0.15, 0.2) is 29.3 Å².